The van der Waals surface area contributed by atoms with E-state index in [0.717, 1.165) is 28.8 Å². The van der Waals surface area contributed by atoms with Crippen molar-refractivity contribution in [2.75, 3.05) is 11.5 Å². The Morgan fingerprint density at radius 1 is 1.26 bits per heavy atom. The molecule has 1 atom stereocenters. The number of aromatic nitrogens is 1. The van der Waals surface area contributed by atoms with Gasteiger partial charge in [0.05, 0.1) is 5.60 Å². The maximum Gasteiger partial charge on any atom is 0.0943 e. The molecule has 1 aromatic carbocycles. The fourth-order valence-corrected chi connectivity index (χ4v) is 2.83. The van der Waals surface area contributed by atoms with Gasteiger partial charge in [-0.05, 0) is 47.7 Å². The van der Waals surface area contributed by atoms with Crippen LogP contribution in [0.15, 0.2) is 36.7 Å². The van der Waals surface area contributed by atoms with Crippen LogP contribution in [0.25, 0.3) is 0 Å². The van der Waals surface area contributed by atoms with Crippen LogP contribution >= 0.6 is 0 Å². The van der Waals surface area contributed by atoms with Gasteiger partial charge in [-0.2, -0.15) is 0 Å². The summed E-state index contributed by atoms with van der Waals surface area (Å²) in [7, 11) is 0. The third-order valence-electron chi connectivity index (χ3n) is 3.86. The highest BCUT2D eigenvalue weighted by molar-refractivity contribution is 5.51. The lowest BCUT2D eigenvalue weighted by Crippen LogP contribution is -2.26. The second-order valence-corrected chi connectivity index (χ2v) is 5.20. The fourth-order valence-electron chi connectivity index (χ4n) is 2.83. The number of hydrogen-bond donors (Lipinski definition) is 3. The van der Waals surface area contributed by atoms with Crippen LogP contribution in [-0.4, -0.2) is 10.1 Å². The number of benzene rings is 1. The lowest BCUT2D eigenvalue weighted by molar-refractivity contribution is 0.0390. The van der Waals surface area contributed by atoms with Crippen molar-refractivity contribution in [3.8, 4) is 0 Å². The molecular weight excluding hydrogens is 238 g/mol. The van der Waals surface area contributed by atoms with Gasteiger partial charge in [0.15, 0.2) is 0 Å². The largest absolute Gasteiger partial charge is 0.399 e. The summed E-state index contributed by atoms with van der Waals surface area (Å²) in [5.41, 5.74) is 15.2. The highest BCUT2D eigenvalue weighted by atomic mass is 16.3. The average Bonchev–Trinajstić information content (AvgIpc) is 2.70. The van der Waals surface area contributed by atoms with E-state index in [9.17, 15) is 5.11 Å². The summed E-state index contributed by atoms with van der Waals surface area (Å²) in [5, 5.41) is 10.9. The number of aliphatic hydroxyl groups is 1. The molecule has 1 aliphatic carbocycles. The predicted molar refractivity (Wildman–Crippen MR) is 75.4 cm³/mol. The summed E-state index contributed by atoms with van der Waals surface area (Å²) in [6.45, 7) is 0. The van der Waals surface area contributed by atoms with Gasteiger partial charge in [-0.1, -0.05) is 6.07 Å². The van der Waals surface area contributed by atoms with Crippen LogP contribution in [0, 0.1) is 0 Å². The molecule has 0 saturated carbocycles. The fraction of sp³-hybridized carbons (Fsp3) is 0.267. The first-order valence-corrected chi connectivity index (χ1v) is 6.38. The molecule has 0 fully saturated rings. The van der Waals surface area contributed by atoms with Crippen LogP contribution in [-0.2, 0) is 18.4 Å². The topological polar surface area (TPSA) is 85.2 Å². The van der Waals surface area contributed by atoms with E-state index >= 15 is 0 Å². The Balaban J connectivity index is 1.97. The summed E-state index contributed by atoms with van der Waals surface area (Å²) in [5.74, 6) is 0. The van der Waals surface area contributed by atoms with Gasteiger partial charge in [0, 0.05) is 30.2 Å². The Morgan fingerprint density at radius 3 is 2.89 bits per heavy atom. The van der Waals surface area contributed by atoms with E-state index in [1.807, 2.05) is 18.2 Å². The number of rotatable bonds is 2. The van der Waals surface area contributed by atoms with Crippen molar-refractivity contribution in [1.82, 2.24) is 4.98 Å². The van der Waals surface area contributed by atoms with Crippen LogP contribution in [0.1, 0.15) is 23.1 Å². The number of fused-ring (bicyclic) bond motifs is 1. The molecule has 4 heteroatoms. The van der Waals surface area contributed by atoms with E-state index in [1.165, 1.54) is 0 Å². The van der Waals surface area contributed by atoms with E-state index < -0.39 is 5.60 Å². The number of aryl methyl sites for hydroxylation is 1. The first-order valence-electron chi connectivity index (χ1n) is 6.38. The molecule has 0 spiro atoms. The number of nitrogens with zero attached hydrogens (tertiary/aromatic N) is 1. The molecule has 1 heterocycles. The first kappa shape index (κ1) is 12.0. The second-order valence-electron chi connectivity index (χ2n) is 5.20. The van der Waals surface area contributed by atoms with Gasteiger partial charge in [0.1, 0.15) is 0 Å². The van der Waals surface area contributed by atoms with Gasteiger partial charge < -0.3 is 16.6 Å². The highest BCUT2D eigenvalue weighted by Gasteiger charge is 2.37. The SMILES string of the molecule is Nc1ccc2c(c1)CCC2(O)Cc1cnccc1N. The molecule has 1 aliphatic rings. The predicted octanol–water partition coefficient (Wildman–Crippen LogP) is 1.62. The van der Waals surface area contributed by atoms with Gasteiger partial charge >= 0.3 is 0 Å². The summed E-state index contributed by atoms with van der Waals surface area (Å²) < 4.78 is 0. The number of hydrogen-bond acceptors (Lipinski definition) is 4. The molecule has 19 heavy (non-hydrogen) atoms. The summed E-state index contributed by atoms with van der Waals surface area (Å²) in [6.07, 6.45) is 5.41. The van der Waals surface area contributed by atoms with Crippen molar-refractivity contribution in [3.63, 3.8) is 0 Å². The monoisotopic (exact) mass is 255 g/mol. The maximum absolute atomic E-state index is 10.9. The highest BCUT2D eigenvalue weighted by Crippen LogP contribution is 2.40. The molecule has 5 N–H and O–H groups in total. The minimum atomic E-state index is -0.861. The number of pyridine rings is 1. The molecule has 98 valence electrons. The smallest absolute Gasteiger partial charge is 0.0943 e. The molecule has 1 aromatic heterocycles. The van der Waals surface area contributed by atoms with Crippen LogP contribution in [0.3, 0.4) is 0 Å². The van der Waals surface area contributed by atoms with Gasteiger partial charge in [-0.3, -0.25) is 4.98 Å². The molecule has 4 nitrogen and oxygen atoms in total. The molecule has 0 aliphatic heterocycles. The molecule has 0 saturated heterocycles. The Bertz CT molecular complexity index is 627. The van der Waals surface area contributed by atoms with Crippen molar-refractivity contribution >= 4 is 11.4 Å². The van der Waals surface area contributed by atoms with Crippen molar-refractivity contribution < 1.29 is 5.11 Å². The number of nitrogens with two attached hydrogens (primary N) is 2. The minimum absolute atomic E-state index is 0.490. The van der Waals surface area contributed by atoms with Crippen molar-refractivity contribution in [2.24, 2.45) is 0 Å². The van der Waals surface area contributed by atoms with E-state index in [-0.39, 0.29) is 0 Å². The third-order valence-corrected chi connectivity index (χ3v) is 3.86. The second kappa shape index (κ2) is 4.24. The number of nitrogen functional groups attached to an aromatic ring is 2. The molecule has 0 radical (unpaired) electrons. The van der Waals surface area contributed by atoms with E-state index in [4.69, 9.17) is 11.5 Å². The van der Waals surface area contributed by atoms with E-state index in [1.54, 1.807) is 18.5 Å². The summed E-state index contributed by atoms with van der Waals surface area (Å²) in [6, 6.07) is 7.46. The Kier molecular flexibility index (Phi) is 2.68. The van der Waals surface area contributed by atoms with Crippen molar-refractivity contribution in [2.45, 2.75) is 24.9 Å². The van der Waals surface area contributed by atoms with Crippen molar-refractivity contribution in [1.29, 1.82) is 0 Å². The lowest BCUT2D eigenvalue weighted by atomic mass is 9.89. The normalized spacial score (nSPS) is 21.3. The minimum Gasteiger partial charge on any atom is -0.399 e. The maximum atomic E-state index is 10.9. The van der Waals surface area contributed by atoms with Gasteiger partial charge in [-0.25, -0.2) is 0 Å². The van der Waals surface area contributed by atoms with Crippen LogP contribution in [0.2, 0.25) is 0 Å². The molecule has 1 unspecified atom stereocenters. The van der Waals surface area contributed by atoms with Crippen LogP contribution in [0.4, 0.5) is 11.4 Å². The zero-order valence-electron chi connectivity index (χ0n) is 10.6. The third kappa shape index (κ3) is 2.04. The zero-order chi connectivity index (χ0) is 13.5. The Morgan fingerprint density at radius 2 is 2.11 bits per heavy atom. The van der Waals surface area contributed by atoms with Gasteiger partial charge in [-0.15, -0.1) is 0 Å². The van der Waals surface area contributed by atoms with Crippen LogP contribution < -0.4 is 11.5 Å². The Labute approximate surface area is 112 Å². The lowest BCUT2D eigenvalue weighted by Gasteiger charge is -2.24. The average molecular weight is 255 g/mol. The van der Waals surface area contributed by atoms with E-state index in [0.29, 0.717) is 18.5 Å². The van der Waals surface area contributed by atoms with E-state index in [2.05, 4.69) is 4.98 Å². The molecule has 0 amide bonds. The summed E-state index contributed by atoms with van der Waals surface area (Å²) >= 11 is 0. The first-order chi connectivity index (χ1) is 9.08. The molecule has 2 aromatic rings. The zero-order valence-corrected chi connectivity index (χ0v) is 10.6. The Hall–Kier alpha value is -2.07. The van der Waals surface area contributed by atoms with Crippen molar-refractivity contribution in [3.05, 3.63) is 53.3 Å². The molecule has 3 rings (SSSR count). The molecule has 0 bridgehead atoms. The van der Waals surface area contributed by atoms with Crippen LogP contribution in [0.5, 0.6) is 0 Å². The standard InChI is InChI=1S/C15H17N3O/c16-12-1-2-13-10(7-12)3-5-15(13,19)8-11-9-18-6-4-14(11)17/h1-2,4,6-7,9,19H,3,5,8,16H2,(H2,17,18). The quantitative estimate of drug-likeness (QED) is 0.712. The number of anilines is 2. The van der Waals surface area contributed by atoms with Gasteiger partial charge in [0.25, 0.3) is 0 Å². The molecular formula is C15H17N3O. The summed E-state index contributed by atoms with van der Waals surface area (Å²) in [4.78, 5) is 4.08. The van der Waals surface area contributed by atoms with Gasteiger partial charge in [0.2, 0.25) is 0 Å².